The number of nitrogens with one attached hydrogen (secondary N) is 1. The highest BCUT2D eigenvalue weighted by atomic mass is 19.1. The zero-order valence-electron chi connectivity index (χ0n) is 12.0. The van der Waals surface area contributed by atoms with E-state index in [1.165, 1.54) is 12.1 Å². The summed E-state index contributed by atoms with van der Waals surface area (Å²) in [5, 5.41) is 12.9. The summed E-state index contributed by atoms with van der Waals surface area (Å²) in [5.41, 5.74) is 0.857. The summed E-state index contributed by atoms with van der Waals surface area (Å²) in [4.78, 5) is 8.38. The lowest BCUT2D eigenvalue weighted by Gasteiger charge is -2.14. The van der Waals surface area contributed by atoms with Crippen LogP contribution in [0.15, 0.2) is 30.3 Å². The molecule has 0 radical (unpaired) electrons. The van der Waals surface area contributed by atoms with Gasteiger partial charge in [0.05, 0.1) is 0 Å². The number of aryl methyl sites for hydroxylation is 2. The Balaban J connectivity index is 1.80. The second kappa shape index (κ2) is 6.99. The first kappa shape index (κ1) is 15.2. The van der Waals surface area contributed by atoms with Crippen LogP contribution in [-0.2, 0) is 0 Å². The highest BCUT2D eigenvalue weighted by Gasteiger charge is 2.07. The Labute approximate surface area is 122 Å². The average molecular weight is 291 g/mol. The number of aliphatic hydroxyl groups excluding tert-OH is 1. The van der Waals surface area contributed by atoms with E-state index in [4.69, 9.17) is 4.74 Å². The van der Waals surface area contributed by atoms with Crippen molar-refractivity contribution in [3.63, 3.8) is 0 Å². The minimum absolute atomic E-state index is 0.0689. The Morgan fingerprint density at radius 3 is 2.81 bits per heavy atom. The molecule has 21 heavy (non-hydrogen) atoms. The molecule has 1 aromatic carbocycles. The molecule has 1 unspecified atom stereocenters. The lowest BCUT2D eigenvalue weighted by Crippen LogP contribution is -2.26. The van der Waals surface area contributed by atoms with Crippen molar-refractivity contribution in [3.8, 4) is 5.75 Å². The van der Waals surface area contributed by atoms with Crippen LogP contribution >= 0.6 is 0 Å². The first-order valence-corrected chi connectivity index (χ1v) is 6.65. The molecule has 6 heteroatoms. The third-order valence-corrected chi connectivity index (χ3v) is 2.72. The predicted octanol–water partition coefficient (Wildman–Crippen LogP) is 2.08. The van der Waals surface area contributed by atoms with Gasteiger partial charge in [-0.15, -0.1) is 0 Å². The number of hydrogen-bond donors (Lipinski definition) is 2. The molecule has 0 amide bonds. The van der Waals surface area contributed by atoms with Crippen LogP contribution in [0.1, 0.15) is 11.5 Å². The van der Waals surface area contributed by atoms with E-state index in [1.54, 1.807) is 18.2 Å². The molecule has 0 saturated carbocycles. The molecule has 0 spiro atoms. The topological polar surface area (TPSA) is 67.3 Å². The smallest absolute Gasteiger partial charge is 0.130 e. The molecule has 1 heterocycles. The van der Waals surface area contributed by atoms with Crippen molar-refractivity contribution in [2.45, 2.75) is 20.0 Å². The largest absolute Gasteiger partial charge is 0.491 e. The standard InChI is InChI=1S/C15H18FN3O2/c1-10-6-15(19-11(2)18-10)17-8-13(20)9-21-14-5-3-4-12(16)7-14/h3-7,13,20H,8-9H2,1-2H3,(H,17,18,19). The zero-order valence-corrected chi connectivity index (χ0v) is 12.0. The fraction of sp³-hybridized carbons (Fsp3) is 0.333. The second-order valence-corrected chi connectivity index (χ2v) is 4.74. The Morgan fingerprint density at radius 1 is 1.29 bits per heavy atom. The molecular formula is C15H18FN3O2. The first-order valence-electron chi connectivity index (χ1n) is 6.65. The van der Waals surface area contributed by atoms with Gasteiger partial charge in [-0.25, -0.2) is 14.4 Å². The molecule has 5 nitrogen and oxygen atoms in total. The van der Waals surface area contributed by atoms with Gasteiger partial charge in [-0.05, 0) is 26.0 Å². The van der Waals surface area contributed by atoms with E-state index < -0.39 is 6.10 Å². The van der Waals surface area contributed by atoms with Gasteiger partial charge >= 0.3 is 0 Å². The van der Waals surface area contributed by atoms with E-state index in [0.717, 1.165) is 5.69 Å². The number of halogens is 1. The van der Waals surface area contributed by atoms with Crippen molar-refractivity contribution in [1.82, 2.24) is 9.97 Å². The van der Waals surface area contributed by atoms with Crippen LogP contribution in [0, 0.1) is 19.7 Å². The lowest BCUT2D eigenvalue weighted by molar-refractivity contribution is 0.117. The number of aliphatic hydroxyl groups is 1. The maximum atomic E-state index is 13.0. The van der Waals surface area contributed by atoms with Crippen LogP contribution in [0.5, 0.6) is 5.75 Å². The van der Waals surface area contributed by atoms with E-state index >= 15 is 0 Å². The molecule has 0 fully saturated rings. The van der Waals surface area contributed by atoms with Gasteiger partial charge in [0.25, 0.3) is 0 Å². The molecule has 0 bridgehead atoms. The zero-order chi connectivity index (χ0) is 15.2. The highest BCUT2D eigenvalue weighted by Crippen LogP contribution is 2.12. The van der Waals surface area contributed by atoms with Crippen LogP contribution in [0.25, 0.3) is 0 Å². The predicted molar refractivity (Wildman–Crippen MR) is 77.9 cm³/mol. The molecule has 0 aliphatic carbocycles. The van der Waals surface area contributed by atoms with Crippen molar-refractivity contribution in [1.29, 1.82) is 0 Å². The third kappa shape index (κ3) is 5.00. The third-order valence-electron chi connectivity index (χ3n) is 2.72. The maximum absolute atomic E-state index is 13.0. The summed E-state index contributed by atoms with van der Waals surface area (Å²) < 4.78 is 18.3. The van der Waals surface area contributed by atoms with E-state index in [0.29, 0.717) is 17.4 Å². The number of benzene rings is 1. The molecule has 0 aliphatic rings. The van der Waals surface area contributed by atoms with Crippen molar-refractivity contribution in [2.24, 2.45) is 0 Å². The van der Waals surface area contributed by atoms with Crippen LogP contribution in [0.3, 0.4) is 0 Å². The number of anilines is 1. The minimum atomic E-state index is -0.733. The number of nitrogens with zero attached hydrogens (tertiary/aromatic N) is 2. The molecule has 1 aromatic heterocycles. The second-order valence-electron chi connectivity index (χ2n) is 4.74. The Bertz CT molecular complexity index is 587. The molecule has 112 valence electrons. The normalized spacial score (nSPS) is 12.0. The van der Waals surface area contributed by atoms with Crippen LogP contribution < -0.4 is 10.1 Å². The van der Waals surface area contributed by atoms with Crippen molar-refractivity contribution in [2.75, 3.05) is 18.5 Å². The fourth-order valence-corrected chi connectivity index (χ4v) is 1.84. The quantitative estimate of drug-likeness (QED) is 0.853. The maximum Gasteiger partial charge on any atom is 0.130 e. The van der Waals surface area contributed by atoms with Crippen molar-refractivity contribution in [3.05, 3.63) is 47.7 Å². The molecular weight excluding hydrogens is 273 g/mol. The number of ether oxygens (including phenoxy) is 1. The average Bonchev–Trinajstić information content (AvgIpc) is 2.42. The van der Waals surface area contributed by atoms with Crippen LogP contribution in [-0.4, -0.2) is 34.3 Å². The SMILES string of the molecule is Cc1cc(NCC(O)COc2cccc(F)c2)nc(C)n1. The van der Waals surface area contributed by atoms with E-state index in [2.05, 4.69) is 15.3 Å². The summed E-state index contributed by atoms with van der Waals surface area (Å²) >= 11 is 0. The summed E-state index contributed by atoms with van der Waals surface area (Å²) in [7, 11) is 0. The molecule has 1 atom stereocenters. The van der Waals surface area contributed by atoms with E-state index in [1.807, 2.05) is 13.8 Å². The van der Waals surface area contributed by atoms with Gasteiger partial charge in [-0.1, -0.05) is 6.07 Å². The monoisotopic (exact) mass is 291 g/mol. The van der Waals surface area contributed by atoms with Crippen LogP contribution in [0.2, 0.25) is 0 Å². The summed E-state index contributed by atoms with van der Waals surface area (Å²) in [6, 6.07) is 7.61. The van der Waals surface area contributed by atoms with E-state index in [9.17, 15) is 9.50 Å². The molecule has 2 rings (SSSR count). The van der Waals surface area contributed by atoms with Gasteiger partial charge in [-0.3, -0.25) is 0 Å². The fourth-order valence-electron chi connectivity index (χ4n) is 1.84. The molecule has 2 aromatic rings. The van der Waals surface area contributed by atoms with Gasteiger partial charge in [0.15, 0.2) is 0 Å². The Hall–Kier alpha value is -2.21. The summed E-state index contributed by atoms with van der Waals surface area (Å²) in [6.07, 6.45) is -0.733. The van der Waals surface area contributed by atoms with Gasteiger partial charge < -0.3 is 15.2 Å². The minimum Gasteiger partial charge on any atom is -0.491 e. The van der Waals surface area contributed by atoms with Crippen LogP contribution in [0.4, 0.5) is 10.2 Å². The first-order chi connectivity index (χ1) is 10.0. The molecule has 0 saturated heterocycles. The highest BCUT2D eigenvalue weighted by molar-refractivity contribution is 5.35. The van der Waals surface area contributed by atoms with E-state index in [-0.39, 0.29) is 19.0 Å². The van der Waals surface area contributed by atoms with Gasteiger partial charge in [0.1, 0.15) is 35.9 Å². The Kier molecular flexibility index (Phi) is 5.05. The van der Waals surface area contributed by atoms with Crippen molar-refractivity contribution >= 4 is 5.82 Å². The van der Waals surface area contributed by atoms with Crippen molar-refractivity contribution < 1.29 is 14.2 Å². The van der Waals surface area contributed by atoms with Gasteiger partial charge in [0.2, 0.25) is 0 Å². The van der Waals surface area contributed by atoms with Gasteiger partial charge in [0, 0.05) is 24.4 Å². The van der Waals surface area contributed by atoms with Gasteiger partial charge in [-0.2, -0.15) is 0 Å². The summed E-state index contributed by atoms with van der Waals surface area (Å²) in [6.45, 7) is 4.04. The number of rotatable bonds is 6. The summed E-state index contributed by atoms with van der Waals surface area (Å²) in [5.74, 6) is 1.35. The molecule has 2 N–H and O–H groups in total. The molecule has 0 aliphatic heterocycles. The number of hydrogen-bond acceptors (Lipinski definition) is 5. The lowest BCUT2D eigenvalue weighted by atomic mass is 10.3. The Morgan fingerprint density at radius 2 is 2.10 bits per heavy atom. The number of aromatic nitrogens is 2.